The second kappa shape index (κ2) is 3.05. The Balaban J connectivity index is 2.53. The van der Waals surface area contributed by atoms with Crippen molar-refractivity contribution in [2.24, 2.45) is 11.8 Å². The van der Waals surface area contributed by atoms with Crippen LogP contribution in [0.25, 0.3) is 0 Å². The van der Waals surface area contributed by atoms with E-state index < -0.39 is 0 Å². The molecule has 0 saturated carbocycles. The first kappa shape index (κ1) is 7.59. The van der Waals surface area contributed by atoms with Gasteiger partial charge < -0.3 is 0 Å². The molecule has 0 fully saturated rings. The van der Waals surface area contributed by atoms with Crippen LogP contribution in [0.3, 0.4) is 0 Å². The Morgan fingerprint density at radius 1 is 1.40 bits per heavy atom. The summed E-state index contributed by atoms with van der Waals surface area (Å²) in [5, 5.41) is 0. The molecule has 0 aromatic carbocycles. The third kappa shape index (κ3) is 1.73. The largest absolute Gasteiger partial charge is 0.0995 e. The van der Waals surface area contributed by atoms with Crippen LogP contribution in [0.5, 0.6) is 0 Å². The molecule has 0 saturated heterocycles. The minimum atomic E-state index is 0.663. The fraction of sp³-hybridized carbons (Fsp3) is 0.600. The van der Waals surface area contributed by atoms with Crippen molar-refractivity contribution in [2.75, 3.05) is 0 Å². The lowest BCUT2D eigenvalue weighted by atomic mass is 9.86. The van der Waals surface area contributed by atoms with E-state index in [1.807, 2.05) is 0 Å². The van der Waals surface area contributed by atoms with Crippen LogP contribution in [0.15, 0.2) is 24.3 Å². The second-order valence-corrected chi connectivity index (χ2v) is 3.39. The summed E-state index contributed by atoms with van der Waals surface area (Å²) in [6.07, 6.45) is 7.24. The summed E-state index contributed by atoms with van der Waals surface area (Å²) >= 11 is 0. The van der Waals surface area contributed by atoms with E-state index in [4.69, 9.17) is 0 Å². The standard InChI is InChI=1S/C10H16/c1-8(2)10-6-4-9(3)5-7-10/h4,6,9-10H,1,5,7H2,2-3H3/t9?,10-/m0/s1. The highest BCUT2D eigenvalue weighted by molar-refractivity contribution is 5.10. The molecule has 0 radical (unpaired) electrons. The fourth-order valence-electron chi connectivity index (χ4n) is 1.37. The number of hydrogen-bond donors (Lipinski definition) is 0. The Hall–Kier alpha value is -0.520. The third-order valence-corrected chi connectivity index (χ3v) is 2.24. The van der Waals surface area contributed by atoms with Gasteiger partial charge in [0.2, 0.25) is 0 Å². The predicted octanol–water partition coefficient (Wildman–Crippen LogP) is 3.16. The van der Waals surface area contributed by atoms with Crippen molar-refractivity contribution in [1.82, 2.24) is 0 Å². The molecule has 2 atom stereocenters. The summed E-state index contributed by atoms with van der Waals surface area (Å²) < 4.78 is 0. The minimum Gasteiger partial charge on any atom is -0.0995 e. The highest BCUT2D eigenvalue weighted by Crippen LogP contribution is 2.25. The highest BCUT2D eigenvalue weighted by atomic mass is 14.2. The van der Waals surface area contributed by atoms with E-state index in [1.165, 1.54) is 18.4 Å². The van der Waals surface area contributed by atoms with Crippen molar-refractivity contribution >= 4 is 0 Å². The van der Waals surface area contributed by atoms with Gasteiger partial charge in [0, 0.05) is 0 Å². The number of allylic oxidation sites excluding steroid dienone is 3. The Labute approximate surface area is 63.6 Å². The van der Waals surface area contributed by atoms with Gasteiger partial charge in [-0.25, -0.2) is 0 Å². The molecule has 1 aliphatic carbocycles. The van der Waals surface area contributed by atoms with Gasteiger partial charge in [0.15, 0.2) is 0 Å². The molecule has 0 aromatic rings. The Morgan fingerprint density at radius 2 is 2.10 bits per heavy atom. The second-order valence-electron chi connectivity index (χ2n) is 3.39. The zero-order valence-corrected chi connectivity index (χ0v) is 6.93. The molecule has 0 heteroatoms. The van der Waals surface area contributed by atoms with Gasteiger partial charge in [0.1, 0.15) is 0 Å². The van der Waals surface area contributed by atoms with Crippen LogP contribution < -0.4 is 0 Å². The highest BCUT2D eigenvalue weighted by Gasteiger charge is 2.11. The van der Waals surface area contributed by atoms with E-state index in [9.17, 15) is 0 Å². The molecular weight excluding hydrogens is 120 g/mol. The Kier molecular flexibility index (Phi) is 2.31. The van der Waals surface area contributed by atoms with Gasteiger partial charge in [0.25, 0.3) is 0 Å². The molecule has 0 heterocycles. The Morgan fingerprint density at radius 3 is 2.50 bits per heavy atom. The first-order chi connectivity index (χ1) is 4.70. The molecule has 56 valence electrons. The van der Waals surface area contributed by atoms with Crippen molar-refractivity contribution in [2.45, 2.75) is 26.7 Å². The van der Waals surface area contributed by atoms with E-state index in [1.54, 1.807) is 0 Å². The van der Waals surface area contributed by atoms with Crippen molar-refractivity contribution < 1.29 is 0 Å². The molecule has 0 aliphatic heterocycles. The van der Waals surface area contributed by atoms with Crippen molar-refractivity contribution in [3.05, 3.63) is 24.3 Å². The molecule has 1 aliphatic rings. The smallest absolute Gasteiger partial charge is 0.00284 e. The van der Waals surface area contributed by atoms with Gasteiger partial charge in [-0.1, -0.05) is 31.2 Å². The summed E-state index contributed by atoms with van der Waals surface area (Å²) in [5.41, 5.74) is 1.31. The zero-order valence-electron chi connectivity index (χ0n) is 6.93. The number of rotatable bonds is 1. The van der Waals surface area contributed by atoms with Crippen LogP contribution in [-0.4, -0.2) is 0 Å². The summed E-state index contributed by atoms with van der Waals surface area (Å²) in [7, 11) is 0. The zero-order chi connectivity index (χ0) is 7.56. The first-order valence-corrected chi connectivity index (χ1v) is 4.04. The molecule has 0 spiro atoms. The van der Waals surface area contributed by atoms with Gasteiger partial charge in [-0.3, -0.25) is 0 Å². The molecular formula is C10H16. The molecule has 0 bridgehead atoms. The molecule has 0 aromatic heterocycles. The molecule has 0 nitrogen and oxygen atoms in total. The van der Waals surface area contributed by atoms with Gasteiger partial charge in [-0.15, -0.1) is 0 Å². The predicted molar refractivity (Wildman–Crippen MR) is 45.8 cm³/mol. The van der Waals surface area contributed by atoms with E-state index in [-0.39, 0.29) is 0 Å². The number of hydrogen-bond acceptors (Lipinski definition) is 0. The maximum absolute atomic E-state index is 3.95. The molecule has 1 unspecified atom stereocenters. The SMILES string of the molecule is C=C(C)[C@H]1C=CC(C)CC1. The van der Waals surface area contributed by atoms with Crippen LogP contribution >= 0.6 is 0 Å². The normalized spacial score (nSPS) is 32.2. The van der Waals surface area contributed by atoms with Crippen LogP contribution in [0.1, 0.15) is 26.7 Å². The first-order valence-electron chi connectivity index (χ1n) is 4.04. The molecule has 1 rings (SSSR count). The van der Waals surface area contributed by atoms with Crippen LogP contribution in [0.4, 0.5) is 0 Å². The van der Waals surface area contributed by atoms with Crippen LogP contribution in [0.2, 0.25) is 0 Å². The fourth-order valence-corrected chi connectivity index (χ4v) is 1.37. The van der Waals surface area contributed by atoms with Crippen molar-refractivity contribution in [1.29, 1.82) is 0 Å². The van der Waals surface area contributed by atoms with Crippen LogP contribution in [-0.2, 0) is 0 Å². The summed E-state index contributed by atoms with van der Waals surface area (Å²) in [6.45, 7) is 8.34. The maximum Gasteiger partial charge on any atom is -0.00284 e. The van der Waals surface area contributed by atoms with E-state index in [0.717, 1.165) is 5.92 Å². The minimum absolute atomic E-state index is 0.663. The van der Waals surface area contributed by atoms with E-state index in [2.05, 4.69) is 32.6 Å². The average Bonchev–Trinajstić information content (AvgIpc) is 1.88. The van der Waals surface area contributed by atoms with Crippen molar-refractivity contribution in [3.8, 4) is 0 Å². The summed E-state index contributed by atoms with van der Waals surface area (Å²) in [4.78, 5) is 0. The average molecular weight is 136 g/mol. The van der Waals surface area contributed by atoms with Crippen molar-refractivity contribution in [3.63, 3.8) is 0 Å². The quantitative estimate of drug-likeness (QED) is 0.486. The van der Waals surface area contributed by atoms with Crippen LogP contribution in [0, 0.1) is 11.8 Å². The monoisotopic (exact) mass is 136 g/mol. The van der Waals surface area contributed by atoms with E-state index in [0.29, 0.717) is 5.92 Å². The lowest BCUT2D eigenvalue weighted by molar-refractivity contribution is 0.517. The maximum atomic E-state index is 3.95. The molecule has 0 N–H and O–H groups in total. The van der Waals surface area contributed by atoms with Gasteiger partial charge in [-0.2, -0.15) is 0 Å². The summed E-state index contributed by atoms with van der Waals surface area (Å²) in [6, 6.07) is 0. The third-order valence-electron chi connectivity index (χ3n) is 2.24. The lowest BCUT2D eigenvalue weighted by Crippen LogP contribution is -2.06. The van der Waals surface area contributed by atoms with Gasteiger partial charge in [-0.05, 0) is 31.6 Å². The van der Waals surface area contributed by atoms with Gasteiger partial charge in [0.05, 0.1) is 0 Å². The molecule has 0 amide bonds. The lowest BCUT2D eigenvalue weighted by Gasteiger charge is -2.19. The summed E-state index contributed by atoms with van der Waals surface area (Å²) in [5.74, 6) is 1.45. The Bertz CT molecular complexity index is 153. The van der Waals surface area contributed by atoms with Gasteiger partial charge >= 0.3 is 0 Å². The molecule has 10 heavy (non-hydrogen) atoms. The van der Waals surface area contributed by atoms with E-state index >= 15 is 0 Å². The topological polar surface area (TPSA) is 0 Å².